The first-order valence-electron chi connectivity index (χ1n) is 8.22. The van der Waals surface area contributed by atoms with Crippen molar-refractivity contribution in [1.82, 2.24) is 4.98 Å². The maximum atomic E-state index is 13.2. The molecule has 3 aromatic rings. The van der Waals surface area contributed by atoms with Crippen molar-refractivity contribution in [2.24, 2.45) is 0 Å². The van der Waals surface area contributed by atoms with Crippen molar-refractivity contribution in [3.63, 3.8) is 0 Å². The van der Waals surface area contributed by atoms with Gasteiger partial charge in [0.2, 0.25) is 0 Å². The van der Waals surface area contributed by atoms with Crippen molar-refractivity contribution >= 4 is 40.6 Å². The molecule has 0 bridgehead atoms. The van der Waals surface area contributed by atoms with Crippen molar-refractivity contribution in [1.29, 1.82) is 0 Å². The number of pyridine rings is 1. The average molecular weight is 404 g/mol. The normalized spacial score (nSPS) is 10.5. The van der Waals surface area contributed by atoms with E-state index in [4.69, 9.17) is 23.2 Å². The third-order valence-corrected chi connectivity index (χ3v) is 4.37. The summed E-state index contributed by atoms with van der Waals surface area (Å²) in [5.41, 5.74) is 1.99. The highest BCUT2D eigenvalue weighted by molar-refractivity contribution is 6.31. The summed E-state index contributed by atoms with van der Waals surface area (Å²) in [4.78, 5) is 16.6. The summed E-state index contributed by atoms with van der Waals surface area (Å²) >= 11 is 11.6. The fraction of sp³-hybridized carbons (Fsp3) is 0.100. The molecule has 0 saturated carbocycles. The summed E-state index contributed by atoms with van der Waals surface area (Å²) in [5, 5.41) is 6.53. The standard InChI is InChI=1S/C20H16Cl2FN3O/c21-15-3-1-13(2-4-15)7-9-24-19-11-14(8-10-25-19)20(27)26-16-5-6-18(23)17(22)12-16/h1-6,8,10-12H,7,9H2,(H,24,25)(H,26,27). The Kier molecular flexibility index (Phi) is 6.27. The monoisotopic (exact) mass is 403 g/mol. The number of amides is 1. The zero-order chi connectivity index (χ0) is 19.2. The van der Waals surface area contributed by atoms with Crippen molar-refractivity contribution < 1.29 is 9.18 Å². The summed E-state index contributed by atoms with van der Waals surface area (Å²) in [7, 11) is 0. The predicted molar refractivity (Wildman–Crippen MR) is 107 cm³/mol. The number of nitrogens with zero attached hydrogens (tertiary/aromatic N) is 1. The van der Waals surface area contributed by atoms with Crippen LogP contribution in [0.3, 0.4) is 0 Å². The topological polar surface area (TPSA) is 54.0 Å². The van der Waals surface area contributed by atoms with Crippen molar-refractivity contribution in [3.05, 3.63) is 87.8 Å². The van der Waals surface area contributed by atoms with E-state index in [9.17, 15) is 9.18 Å². The van der Waals surface area contributed by atoms with Gasteiger partial charge in [0.05, 0.1) is 5.02 Å². The third kappa shape index (κ3) is 5.42. The van der Waals surface area contributed by atoms with E-state index in [1.54, 1.807) is 18.3 Å². The third-order valence-electron chi connectivity index (χ3n) is 3.83. The van der Waals surface area contributed by atoms with Crippen LogP contribution in [-0.4, -0.2) is 17.4 Å². The number of nitrogens with one attached hydrogen (secondary N) is 2. The van der Waals surface area contributed by atoms with Crippen LogP contribution in [0.25, 0.3) is 0 Å². The largest absolute Gasteiger partial charge is 0.370 e. The van der Waals surface area contributed by atoms with E-state index >= 15 is 0 Å². The first-order valence-corrected chi connectivity index (χ1v) is 8.97. The maximum Gasteiger partial charge on any atom is 0.255 e. The molecule has 2 N–H and O–H groups in total. The fourth-order valence-electron chi connectivity index (χ4n) is 2.43. The molecule has 7 heteroatoms. The van der Waals surface area contributed by atoms with Crippen LogP contribution < -0.4 is 10.6 Å². The molecule has 0 unspecified atom stereocenters. The van der Waals surface area contributed by atoms with Crippen LogP contribution >= 0.6 is 23.2 Å². The first-order chi connectivity index (χ1) is 13.0. The minimum absolute atomic E-state index is 0.0490. The highest BCUT2D eigenvalue weighted by Crippen LogP contribution is 2.20. The molecule has 1 amide bonds. The van der Waals surface area contributed by atoms with E-state index in [0.29, 0.717) is 28.6 Å². The molecular formula is C20H16Cl2FN3O. The Morgan fingerprint density at radius 3 is 2.56 bits per heavy atom. The number of benzene rings is 2. The number of carbonyl (C=O) groups excluding carboxylic acids is 1. The Morgan fingerprint density at radius 2 is 1.81 bits per heavy atom. The lowest BCUT2D eigenvalue weighted by Crippen LogP contribution is -2.13. The molecule has 0 saturated heterocycles. The first kappa shape index (κ1) is 19.1. The quantitative estimate of drug-likeness (QED) is 0.576. The summed E-state index contributed by atoms with van der Waals surface area (Å²) in [6, 6.07) is 14.9. The van der Waals surface area contributed by atoms with Gasteiger partial charge in [-0.2, -0.15) is 0 Å². The smallest absolute Gasteiger partial charge is 0.255 e. The van der Waals surface area contributed by atoms with Gasteiger partial charge in [-0.3, -0.25) is 4.79 Å². The van der Waals surface area contributed by atoms with Crippen LogP contribution in [0.2, 0.25) is 10.0 Å². The highest BCUT2D eigenvalue weighted by atomic mass is 35.5. The number of rotatable bonds is 6. The number of hydrogen-bond acceptors (Lipinski definition) is 3. The van der Waals surface area contributed by atoms with Gasteiger partial charge >= 0.3 is 0 Å². The lowest BCUT2D eigenvalue weighted by atomic mass is 10.1. The van der Waals surface area contributed by atoms with Crippen LogP contribution in [-0.2, 0) is 6.42 Å². The molecular weight excluding hydrogens is 388 g/mol. The number of halogens is 3. The molecule has 0 radical (unpaired) electrons. The summed E-state index contributed by atoms with van der Waals surface area (Å²) in [6.45, 7) is 0.660. The molecule has 2 aromatic carbocycles. The molecule has 0 atom stereocenters. The van der Waals surface area contributed by atoms with Crippen LogP contribution in [0.1, 0.15) is 15.9 Å². The molecule has 0 aliphatic carbocycles. The molecule has 0 spiro atoms. The van der Waals surface area contributed by atoms with Crippen molar-refractivity contribution in [2.45, 2.75) is 6.42 Å². The number of anilines is 2. The Bertz CT molecular complexity index is 948. The molecule has 4 nitrogen and oxygen atoms in total. The van der Waals surface area contributed by atoms with E-state index in [-0.39, 0.29) is 10.9 Å². The van der Waals surface area contributed by atoms with Crippen LogP contribution in [0.5, 0.6) is 0 Å². The van der Waals surface area contributed by atoms with Crippen molar-refractivity contribution in [2.75, 3.05) is 17.2 Å². The zero-order valence-corrected chi connectivity index (χ0v) is 15.7. The summed E-state index contributed by atoms with van der Waals surface area (Å²) in [6.07, 6.45) is 2.35. The van der Waals surface area contributed by atoms with E-state index in [2.05, 4.69) is 15.6 Å². The molecule has 1 aromatic heterocycles. The van der Waals surface area contributed by atoms with Gasteiger partial charge in [0.25, 0.3) is 5.91 Å². The predicted octanol–water partition coefficient (Wildman–Crippen LogP) is 5.43. The lowest BCUT2D eigenvalue weighted by molar-refractivity contribution is 0.102. The fourth-order valence-corrected chi connectivity index (χ4v) is 2.74. The molecule has 0 fully saturated rings. The summed E-state index contributed by atoms with van der Waals surface area (Å²) < 4.78 is 13.2. The van der Waals surface area contributed by atoms with Gasteiger partial charge in [0, 0.05) is 29.0 Å². The lowest BCUT2D eigenvalue weighted by Gasteiger charge is -2.09. The Hall–Kier alpha value is -2.63. The molecule has 3 rings (SSSR count). The second-order valence-corrected chi connectivity index (χ2v) is 6.66. The number of carbonyl (C=O) groups is 1. The minimum Gasteiger partial charge on any atom is -0.370 e. The molecule has 0 aliphatic heterocycles. The second-order valence-electron chi connectivity index (χ2n) is 5.82. The molecule has 0 aliphatic rings. The van der Waals surface area contributed by atoms with Crippen LogP contribution in [0.4, 0.5) is 15.9 Å². The molecule has 1 heterocycles. The second kappa shape index (κ2) is 8.84. The van der Waals surface area contributed by atoms with Crippen molar-refractivity contribution in [3.8, 4) is 0 Å². The van der Waals surface area contributed by atoms with Gasteiger partial charge in [-0.1, -0.05) is 35.3 Å². The van der Waals surface area contributed by atoms with E-state index < -0.39 is 5.82 Å². The molecule has 27 heavy (non-hydrogen) atoms. The summed E-state index contributed by atoms with van der Waals surface area (Å²) in [5.74, 6) is -0.277. The Morgan fingerprint density at radius 1 is 1.04 bits per heavy atom. The van der Waals surface area contributed by atoms with Gasteiger partial charge in [-0.25, -0.2) is 9.37 Å². The van der Waals surface area contributed by atoms with E-state index in [1.165, 1.54) is 18.2 Å². The molecule has 138 valence electrons. The van der Waals surface area contributed by atoms with Gasteiger partial charge in [0.1, 0.15) is 11.6 Å². The maximum absolute atomic E-state index is 13.2. The van der Waals surface area contributed by atoms with Crippen LogP contribution in [0.15, 0.2) is 60.8 Å². The average Bonchev–Trinajstić information content (AvgIpc) is 2.66. The Balaban J connectivity index is 1.59. The Labute approximate surface area is 166 Å². The van der Waals surface area contributed by atoms with E-state index in [0.717, 1.165) is 12.0 Å². The number of aromatic nitrogens is 1. The van der Waals surface area contributed by atoms with Crippen LogP contribution in [0, 0.1) is 5.82 Å². The zero-order valence-electron chi connectivity index (χ0n) is 14.2. The van der Waals surface area contributed by atoms with Gasteiger partial charge in [-0.05, 0) is 54.4 Å². The van der Waals surface area contributed by atoms with Gasteiger partial charge in [0.15, 0.2) is 0 Å². The van der Waals surface area contributed by atoms with E-state index in [1.807, 2.05) is 24.3 Å². The minimum atomic E-state index is -0.536. The highest BCUT2D eigenvalue weighted by Gasteiger charge is 2.09. The van der Waals surface area contributed by atoms with Gasteiger partial charge < -0.3 is 10.6 Å². The van der Waals surface area contributed by atoms with Gasteiger partial charge in [-0.15, -0.1) is 0 Å². The number of hydrogen-bond donors (Lipinski definition) is 2. The SMILES string of the molecule is O=C(Nc1ccc(F)c(Cl)c1)c1ccnc(NCCc2ccc(Cl)cc2)c1.